The van der Waals surface area contributed by atoms with Crippen LogP contribution in [-0.2, 0) is 16.1 Å². The van der Waals surface area contributed by atoms with Crippen LogP contribution in [0.2, 0.25) is 0 Å². The van der Waals surface area contributed by atoms with Crippen molar-refractivity contribution in [2.75, 3.05) is 13.1 Å². The van der Waals surface area contributed by atoms with E-state index in [2.05, 4.69) is 20.4 Å². The summed E-state index contributed by atoms with van der Waals surface area (Å²) >= 11 is 1.58. The Hall–Kier alpha value is -3.07. The lowest BCUT2D eigenvalue weighted by Gasteiger charge is -2.30. The Morgan fingerprint density at radius 1 is 1.17 bits per heavy atom. The first-order chi connectivity index (χ1) is 14.7. The Morgan fingerprint density at radius 2 is 1.97 bits per heavy atom. The summed E-state index contributed by atoms with van der Waals surface area (Å²) in [7, 11) is 0. The molecule has 1 aliphatic heterocycles. The van der Waals surface area contributed by atoms with Gasteiger partial charge in [0.1, 0.15) is 0 Å². The number of nitrogens with zero attached hydrogens (tertiary/aromatic N) is 4. The van der Waals surface area contributed by atoms with Gasteiger partial charge in [0.05, 0.1) is 4.88 Å². The van der Waals surface area contributed by atoms with Crippen LogP contribution in [0.25, 0.3) is 10.7 Å². The first kappa shape index (κ1) is 20.2. The molecule has 1 aliphatic rings. The minimum absolute atomic E-state index is 0.0114. The number of hydrogen-bond acceptors (Lipinski definition) is 7. The predicted octanol–water partition coefficient (Wildman–Crippen LogP) is 3.00. The van der Waals surface area contributed by atoms with Crippen LogP contribution < -0.4 is 5.32 Å². The molecule has 156 valence electrons. The Bertz CT molecular complexity index is 966. The normalized spacial score (nSPS) is 14.6. The van der Waals surface area contributed by atoms with Crippen LogP contribution in [0.3, 0.4) is 0 Å². The van der Waals surface area contributed by atoms with Crippen LogP contribution >= 0.6 is 11.3 Å². The Morgan fingerprint density at radius 3 is 2.70 bits per heavy atom. The van der Waals surface area contributed by atoms with E-state index in [1.54, 1.807) is 23.7 Å². The summed E-state index contributed by atoms with van der Waals surface area (Å²) in [6, 6.07) is 7.62. The molecule has 0 spiro atoms. The summed E-state index contributed by atoms with van der Waals surface area (Å²) in [6.07, 6.45) is 5.35. The lowest BCUT2D eigenvalue weighted by Crippen LogP contribution is -2.38. The van der Waals surface area contributed by atoms with E-state index in [-0.39, 0.29) is 30.6 Å². The molecule has 1 saturated heterocycles. The number of pyridine rings is 1. The SMILES string of the molecule is O=C(CCC(=O)N1CCC(c2nc(-c3cccs3)no2)CC1)NCc1ccncc1. The second-order valence-electron chi connectivity index (χ2n) is 7.22. The molecule has 30 heavy (non-hydrogen) atoms. The molecule has 2 amide bonds. The number of aromatic nitrogens is 3. The van der Waals surface area contributed by atoms with E-state index in [0.717, 1.165) is 23.3 Å². The molecule has 1 fully saturated rings. The van der Waals surface area contributed by atoms with Crippen molar-refractivity contribution in [3.05, 3.63) is 53.5 Å². The van der Waals surface area contributed by atoms with Crippen molar-refractivity contribution in [1.82, 2.24) is 25.3 Å². The third-order valence-electron chi connectivity index (χ3n) is 5.19. The van der Waals surface area contributed by atoms with Gasteiger partial charge in [-0.1, -0.05) is 11.2 Å². The van der Waals surface area contributed by atoms with Crippen LogP contribution in [0, 0.1) is 0 Å². The number of carbonyl (C=O) groups excluding carboxylic acids is 2. The molecule has 8 nitrogen and oxygen atoms in total. The molecule has 0 bridgehead atoms. The van der Waals surface area contributed by atoms with E-state index in [9.17, 15) is 9.59 Å². The fourth-order valence-electron chi connectivity index (χ4n) is 3.45. The smallest absolute Gasteiger partial charge is 0.230 e. The van der Waals surface area contributed by atoms with E-state index in [1.165, 1.54) is 0 Å². The maximum atomic E-state index is 12.5. The average molecular weight is 426 g/mol. The van der Waals surface area contributed by atoms with Crippen molar-refractivity contribution in [2.24, 2.45) is 0 Å². The lowest BCUT2D eigenvalue weighted by atomic mass is 9.96. The van der Waals surface area contributed by atoms with E-state index in [1.807, 2.05) is 34.5 Å². The number of amides is 2. The monoisotopic (exact) mass is 425 g/mol. The zero-order chi connectivity index (χ0) is 20.8. The largest absolute Gasteiger partial charge is 0.352 e. The number of thiophene rings is 1. The third kappa shape index (κ3) is 5.10. The predicted molar refractivity (Wildman–Crippen MR) is 111 cm³/mol. The molecule has 9 heteroatoms. The first-order valence-corrected chi connectivity index (χ1v) is 10.9. The van der Waals surface area contributed by atoms with Gasteiger partial charge in [-0.25, -0.2) is 0 Å². The van der Waals surface area contributed by atoms with Gasteiger partial charge in [0.15, 0.2) is 0 Å². The molecular weight excluding hydrogens is 402 g/mol. The van der Waals surface area contributed by atoms with Crippen molar-refractivity contribution in [2.45, 2.75) is 38.1 Å². The highest BCUT2D eigenvalue weighted by Gasteiger charge is 2.27. The van der Waals surface area contributed by atoms with Gasteiger partial charge >= 0.3 is 0 Å². The van der Waals surface area contributed by atoms with Gasteiger partial charge in [0.2, 0.25) is 23.5 Å². The van der Waals surface area contributed by atoms with Crippen molar-refractivity contribution in [1.29, 1.82) is 0 Å². The van der Waals surface area contributed by atoms with Gasteiger partial charge in [0.25, 0.3) is 0 Å². The maximum absolute atomic E-state index is 12.5. The molecule has 0 radical (unpaired) electrons. The summed E-state index contributed by atoms with van der Waals surface area (Å²) in [5.74, 6) is 1.32. The number of nitrogens with one attached hydrogen (secondary N) is 1. The van der Waals surface area contributed by atoms with Gasteiger partial charge in [-0.2, -0.15) is 4.98 Å². The number of hydrogen-bond donors (Lipinski definition) is 1. The fraction of sp³-hybridized carbons (Fsp3) is 0.381. The molecule has 0 unspecified atom stereocenters. The summed E-state index contributed by atoms with van der Waals surface area (Å²) in [6.45, 7) is 1.72. The Kier molecular flexibility index (Phi) is 6.48. The zero-order valence-electron chi connectivity index (χ0n) is 16.5. The highest BCUT2D eigenvalue weighted by molar-refractivity contribution is 7.13. The quantitative estimate of drug-likeness (QED) is 0.624. The summed E-state index contributed by atoms with van der Waals surface area (Å²) in [5.41, 5.74) is 0.981. The standard InChI is InChI=1S/C21H23N5O3S/c27-18(23-14-15-5-9-22-10-6-15)3-4-19(28)26-11-7-16(8-12-26)21-24-20(25-29-21)17-2-1-13-30-17/h1-2,5-6,9-10,13,16H,3-4,7-8,11-12,14H2,(H,23,27). The average Bonchev–Trinajstić information content (AvgIpc) is 3.49. The highest BCUT2D eigenvalue weighted by atomic mass is 32.1. The van der Waals surface area contributed by atoms with Gasteiger partial charge in [-0.3, -0.25) is 14.6 Å². The molecule has 1 N–H and O–H groups in total. The number of carbonyl (C=O) groups is 2. The van der Waals surface area contributed by atoms with E-state index in [0.29, 0.717) is 31.3 Å². The Labute approximate surface area is 178 Å². The van der Waals surface area contributed by atoms with Crippen LogP contribution in [0.5, 0.6) is 0 Å². The molecule has 0 atom stereocenters. The Balaban J connectivity index is 1.19. The highest BCUT2D eigenvalue weighted by Crippen LogP contribution is 2.29. The van der Waals surface area contributed by atoms with E-state index in [4.69, 9.17) is 4.52 Å². The van der Waals surface area contributed by atoms with Gasteiger partial charge < -0.3 is 14.7 Å². The first-order valence-electron chi connectivity index (χ1n) is 10.00. The molecule has 4 heterocycles. The second-order valence-corrected chi connectivity index (χ2v) is 8.17. The molecular formula is C21H23N5O3S. The fourth-order valence-corrected chi connectivity index (χ4v) is 4.10. The molecule has 4 rings (SSSR count). The number of likely N-dealkylation sites (tertiary alicyclic amines) is 1. The van der Waals surface area contributed by atoms with Crippen molar-refractivity contribution in [3.8, 4) is 10.7 Å². The second kappa shape index (κ2) is 9.62. The summed E-state index contributed by atoms with van der Waals surface area (Å²) in [4.78, 5) is 35.8. The molecule has 3 aromatic heterocycles. The summed E-state index contributed by atoms with van der Waals surface area (Å²) < 4.78 is 5.45. The van der Waals surface area contributed by atoms with Crippen LogP contribution in [0.15, 0.2) is 46.6 Å². The third-order valence-corrected chi connectivity index (χ3v) is 6.05. The lowest BCUT2D eigenvalue weighted by molar-refractivity contribution is -0.134. The minimum Gasteiger partial charge on any atom is -0.352 e. The summed E-state index contributed by atoms with van der Waals surface area (Å²) in [5, 5.41) is 8.89. The molecule has 3 aromatic rings. The van der Waals surface area contributed by atoms with Gasteiger partial charge in [-0.05, 0) is 42.0 Å². The van der Waals surface area contributed by atoms with Crippen LogP contribution in [0.1, 0.15) is 43.1 Å². The molecule has 0 saturated carbocycles. The van der Waals surface area contributed by atoms with Crippen LogP contribution in [-0.4, -0.2) is 44.9 Å². The van der Waals surface area contributed by atoms with Crippen molar-refractivity contribution < 1.29 is 14.1 Å². The van der Waals surface area contributed by atoms with Crippen molar-refractivity contribution >= 4 is 23.2 Å². The zero-order valence-corrected chi connectivity index (χ0v) is 17.3. The topological polar surface area (TPSA) is 101 Å². The molecule has 0 aromatic carbocycles. The molecule has 0 aliphatic carbocycles. The van der Waals surface area contributed by atoms with Gasteiger partial charge in [0, 0.05) is 50.8 Å². The number of piperidine rings is 1. The van der Waals surface area contributed by atoms with Crippen LogP contribution in [0.4, 0.5) is 0 Å². The van der Waals surface area contributed by atoms with Crippen molar-refractivity contribution in [3.63, 3.8) is 0 Å². The maximum Gasteiger partial charge on any atom is 0.230 e. The minimum atomic E-state index is -0.123. The number of rotatable bonds is 7. The van der Waals surface area contributed by atoms with Gasteiger partial charge in [-0.15, -0.1) is 11.3 Å². The van der Waals surface area contributed by atoms with E-state index < -0.39 is 0 Å². The van der Waals surface area contributed by atoms with E-state index >= 15 is 0 Å².